The molecule has 0 atom stereocenters. The molecule has 2 aromatic carbocycles. The average molecular weight is 311 g/mol. The van der Waals surface area contributed by atoms with E-state index >= 15 is 0 Å². The number of carbonyl (C=O) groups is 1. The molecule has 0 bridgehead atoms. The molecular formula is C18H21N3O2. The number of hydrogen-bond donors (Lipinski definition) is 1. The van der Waals surface area contributed by atoms with Crippen molar-refractivity contribution in [3.8, 4) is 0 Å². The summed E-state index contributed by atoms with van der Waals surface area (Å²) in [7, 11) is 3.91. The molecule has 0 fully saturated rings. The summed E-state index contributed by atoms with van der Waals surface area (Å²) in [5, 5.41) is 3.88. The Kier molecular flexibility index (Phi) is 6.32. The van der Waals surface area contributed by atoms with Crippen LogP contribution in [-0.4, -0.2) is 32.8 Å². The number of rotatable bonds is 7. The van der Waals surface area contributed by atoms with Crippen molar-refractivity contribution < 1.29 is 9.53 Å². The number of anilines is 1. The van der Waals surface area contributed by atoms with Crippen molar-refractivity contribution in [2.45, 2.75) is 6.61 Å². The lowest BCUT2D eigenvalue weighted by Gasteiger charge is -2.12. The first-order chi connectivity index (χ1) is 11.2. The van der Waals surface area contributed by atoms with Gasteiger partial charge in [0, 0.05) is 25.3 Å². The highest BCUT2D eigenvalue weighted by molar-refractivity contribution is 5.94. The highest BCUT2D eigenvalue weighted by Gasteiger charge is 2.04. The van der Waals surface area contributed by atoms with Crippen molar-refractivity contribution in [1.29, 1.82) is 0 Å². The normalized spacial score (nSPS) is 10.7. The number of hydrazone groups is 1. The van der Waals surface area contributed by atoms with Gasteiger partial charge >= 0.3 is 0 Å². The van der Waals surface area contributed by atoms with Gasteiger partial charge < -0.3 is 9.64 Å². The highest BCUT2D eigenvalue weighted by Crippen LogP contribution is 2.11. The molecule has 0 saturated carbocycles. The second kappa shape index (κ2) is 8.70. The Morgan fingerprint density at radius 2 is 1.83 bits per heavy atom. The van der Waals surface area contributed by atoms with Crippen molar-refractivity contribution in [3.63, 3.8) is 0 Å². The zero-order chi connectivity index (χ0) is 16.5. The van der Waals surface area contributed by atoms with E-state index < -0.39 is 0 Å². The lowest BCUT2D eigenvalue weighted by atomic mass is 10.2. The average Bonchev–Trinajstić information content (AvgIpc) is 2.58. The number of hydrogen-bond acceptors (Lipinski definition) is 4. The molecule has 23 heavy (non-hydrogen) atoms. The van der Waals surface area contributed by atoms with Crippen molar-refractivity contribution in [2.24, 2.45) is 5.10 Å². The maximum atomic E-state index is 11.9. The third kappa shape index (κ3) is 5.56. The minimum absolute atomic E-state index is 0.241. The van der Waals surface area contributed by atoms with Gasteiger partial charge in [-0.25, -0.2) is 5.43 Å². The first-order valence-electron chi connectivity index (χ1n) is 7.38. The molecule has 0 heterocycles. The Morgan fingerprint density at radius 3 is 2.48 bits per heavy atom. The fraction of sp³-hybridized carbons (Fsp3) is 0.222. The number of carbonyl (C=O) groups excluding carboxylic acids is 1. The summed E-state index contributed by atoms with van der Waals surface area (Å²) < 4.78 is 5.44. The standard InChI is InChI=1S/C18H21N3O2/c1-21(2)17-10-8-16(9-11-17)18(22)20-19-12-13-23-14-15-6-4-3-5-7-15/h3-12H,13-14H2,1-2H3,(H,20,22). The fourth-order valence-corrected chi connectivity index (χ4v) is 1.92. The van der Waals surface area contributed by atoms with E-state index in [1.54, 1.807) is 12.1 Å². The molecule has 5 nitrogen and oxygen atoms in total. The van der Waals surface area contributed by atoms with Crippen LogP contribution in [0.4, 0.5) is 5.69 Å². The molecular weight excluding hydrogens is 290 g/mol. The van der Waals surface area contributed by atoms with Crippen LogP contribution in [0.3, 0.4) is 0 Å². The predicted octanol–water partition coefficient (Wildman–Crippen LogP) is 2.69. The van der Waals surface area contributed by atoms with Gasteiger partial charge in [0.15, 0.2) is 0 Å². The van der Waals surface area contributed by atoms with E-state index in [4.69, 9.17) is 4.74 Å². The van der Waals surface area contributed by atoms with Crippen molar-refractivity contribution >= 4 is 17.8 Å². The van der Waals surface area contributed by atoms with E-state index in [9.17, 15) is 4.79 Å². The second-order valence-corrected chi connectivity index (χ2v) is 5.19. The van der Waals surface area contributed by atoms with E-state index in [0.29, 0.717) is 18.8 Å². The zero-order valence-electron chi connectivity index (χ0n) is 13.4. The van der Waals surface area contributed by atoms with Crippen LogP contribution in [0.25, 0.3) is 0 Å². The van der Waals surface area contributed by atoms with E-state index in [1.165, 1.54) is 6.21 Å². The monoisotopic (exact) mass is 311 g/mol. The molecule has 2 aromatic rings. The summed E-state index contributed by atoms with van der Waals surface area (Å²) in [5.74, 6) is -0.241. The largest absolute Gasteiger partial charge is 0.378 e. The summed E-state index contributed by atoms with van der Waals surface area (Å²) >= 11 is 0. The molecule has 0 aliphatic rings. The zero-order valence-corrected chi connectivity index (χ0v) is 13.4. The van der Waals surface area contributed by atoms with Gasteiger partial charge in [-0.3, -0.25) is 4.79 Å². The SMILES string of the molecule is CN(C)c1ccc(C(=O)NN=CCOCc2ccccc2)cc1. The number of amides is 1. The van der Waals surface area contributed by atoms with Crippen LogP contribution in [0.2, 0.25) is 0 Å². The lowest BCUT2D eigenvalue weighted by molar-refractivity contribution is 0.0954. The maximum absolute atomic E-state index is 11.9. The summed E-state index contributed by atoms with van der Waals surface area (Å²) in [5.41, 5.74) is 5.19. The number of benzene rings is 2. The van der Waals surface area contributed by atoms with Crippen LogP contribution >= 0.6 is 0 Å². The summed E-state index contributed by atoms with van der Waals surface area (Å²) in [6.45, 7) is 0.863. The molecule has 120 valence electrons. The van der Waals surface area contributed by atoms with Gasteiger partial charge in [0.2, 0.25) is 0 Å². The van der Waals surface area contributed by atoms with Crippen LogP contribution in [-0.2, 0) is 11.3 Å². The summed E-state index contributed by atoms with van der Waals surface area (Å²) in [6, 6.07) is 17.2. The van der Waals surface area contributed by atoms with Crippen molar-refractivity contribution in [2.75, 3.05) is 25.6 Å². The minimum Gasteiger partial charge on any atom is -0.378 e. The van der Waals surface area contributed by atoms with E-state index in [0.717, 1.165) is 11.3 Å². The molecule has 0 radical (unpaired) electrons. The molecule has 0 aliphatic carbocycles. The lowest BCUT2D eigenvalue weighted by Crippen LogP contribution is -2.18. The Hall–Kier alpha value is -2.66. The molecule has 0 saturated heterocycles. The van der Waals surface area contributed by atoms with Crippen molar-refractivity contribution in [1.82, 2.24) is 5.43 Å². The number of nitrogens with one attached hydrogen (secondary N) is 1. The first-order valence-corrected chi connectivity index (χ1v) is 7.38. The highest BCUT2D eigenvalue weighted by atomic mass is 16.5. The Balaban J connectivity index is 1.71. The maximum Gasteiger partial charge on any atom is 0.271 e. The van der Waals surface area contributed by atoms with Crippen LogP contribution in [0.5, 0.6) is 0 Å². The molecule has 0 spiro atoms. The van der Waals surface area contributed by atoms with Crippen LogP contribution < -0.4 is 10.3 Å². The van der Waals surface area contributed by atoms with Crippen LogP contribution in [0.1, 0.15) is 15.9 Å². The van der Waals surface area contributed by atoms with Gasteiger partial charge in [-0.1, -0.05) is 30.3 Å². The molecule has 0 aliphatic heterocycles. The first kappa shape index (κ1) is 16.7. The number of nitrogens with zero attached hydrogens (tertiary/aromatic N) is 2. The fourth-order valence-electron chi connectivity index (χ4n) is 1.92. The quantitative estimate of drug-likeness (QED) is 0.486. The van der Waals surface area contributed by atoms with Gasteiger partial charge in [0.1, 0.15) is 0 Å². The Labute approximate surface area is 136 Å². The van der Waals surface area contributed by atoms with E-state index in [-0.39, 0.29) is 5.91 Å². The van der Waals surface area contributed by atoms with Crippen molar-refractivity contribution in [3.05, 3.63) is 65.7 Å². The topological polar surface area (TPSA) is 53.9 Å². The Bertz CT molecular complexity index is 637. The molecule has 1 amide bonds. The van der Waals surface area contributed by atoms with Gasteiger partial charge in [0.25, 0.3) is 5.91 Å². The molecule has 0 unspecified atom stereocenters. The van der Waals surface area contributed by atoms with Gasteiger partial charge in [0.05, 0.1) is 19.4 Å². The molecule has 1 N–H and O–H groups in total. The third-order valence-electron chi connectivity index (χ3n) is 3.21. The number of ether oxygens (including phenoxy) is 1. The Morgan fingerprint density at radius 1 is 1.13 bits per heavy atom. The van der Waals surface area contributed by atoms with Gasteiger partial charge in [-0.15, -0.1) is 0 Å². The summed E-state index contributed by atoms with van der Waals surface area (Å²) in [6.07, 6.45) is 1.54. The third-order valence-corrected chi connectivity index (χ3v) is 3.21. The smallest absolute Gasteiger partial charge is 0.271 e. The molecule has 2 rings (SSSR count). The van der Waals surface area contributed by atoms with Gasteiger partial charge in [-0.05, 0) is 29.8 Å². The molecule has 0 aromatic heterocycles. The van der Waals surface area contributed by atoms with E-state index in [2.05, 4.69) is 10.5 Å². The van der Waals surface area contributed by atoms with Crippen LogP contribution in [0.15, 0.2) is 59.7 Å². The molecule has 5 heteroatoms. The van der Waals surface area contributed by atoms with E-state index in [1.807, 2.05) is 61.5 Å². The minimum atomic E-state index is -0.241. The van der Waals surface area contributed by atoms with Gasteiger partial charge in [-0.2, -0.15) is 5.10 Å². The van der Waals surface area contributed by atoms with Crippen LogP contribution in [0, 0.1) is 0 Å². The summed E-state index contributed by atoms with van der Waals surface area (Å²) in [4.78, 5) is 13.9. The second-order valence-electron chi connectivity index (χ2n) is 5.19. The predicted molar refractivity (Wildman–Crippen MR) is 92.8 cm³/mol.